The van der Waals surface area contributed by atoms with Crippen LogP contribution < -0.4 is 5.56 Å². The van der Waals surface area contributed by atoms with Crippen molar-refractivity contribution in [3.05, 3.63) is 50.8 Å². The smallest absolute Gasteiger partial charge is 0.272 e. The average Bonchev–Trinajstić information content (AvgIpc) is 3.29. The first-order chi connectivity index (χ1) is 14.8. The fourth-order valence-corrected chi connectivity index (χ4v) is 4.50. The Kier molecular flexibility index (Phi) is 5.51. The SMILES string of the molecule is CCc1cc(=O)n2[nH]c(C3CCCN(C(=O)Cn4nc(C)c(C(C)=O)c4C)C3)cc2n1. The van der Waals surface area contributed by atoms with Crippen LogP contribution in [0.1, 0.15) is 65.7 Å². The van der Waals surface area contributed by atoms with E-state index in [1.165, 1.54) is 11.4 Å². The van der Waals surface area contributed by atoms with Gasteiger partial charge in [0.05, 0.1) is 11.3 Å². The first-order valence-corrected chi connectivity index (χ1v) is 10.7. The number of amides is 1. The number of nitrogens with one attached hydrogen (secondary N) is 1. The number of ketones is 1. The van der Waals surface area contributed by atoms with E-state index >= 15 is 0 Å². The summed E-state index contributed by atoms with van der Waals surface area (Å²) < 4.78 is 3.09. The molecule has 0 spiro atoms. The zero-order chi connectivity index (χ0) is 22.3. The molecule has 1 saturated heterocycles. The third-order valence-corrected chi connectivity index (χ3v) is 6.12. The standard InChI is InChI=1S/C22H28N6O3/c1-5-17-9-20(30)28-19(23-17)10-18(25-28)16-7-6-8-26(11-16)21(31)12-27-14(3)22(15(4)29)13(2)24-27/h9-10,16,25H,5-8,11-12H2,1-4H3. The van der Waals surface area contributed by atoms with Crippen molar-refractivity contribution in [3.8, 4) is 0 Å². The molecule has 1 unspecified atom stereocenters. The van der Waals surface area contributed by atoms with E-state index in [9.17, 15) is 14.4 Å². The average molecular weight is 425 g/mol. The molecule has 9 heteroatoms. The lowest BCUT2D eigenvalue weighted by Gasteiger charge is -2.32. The predicted molar refractivity (Wildman–Crippen MR) is 115 cm³/mol. The summed E-state index contributed by atoms with van der Waals surface area (Å²) in [7, 11) is 0. The van der Waals surface area contributed by atoms with E-state index in [2.05, 4.69) is 15.2 Å². The van der Waals surface area contributed by atoms with Gasteiger partial charge >= 0.3 is 0 Å². The summed E-state index contributed by atoms with van der Waals surface area (Å²) in [6.07, 6.45) is 2.51. The van der Waals surface area contributed by atoms with E-state index in [1.807, 2.05) is 24.8 Å². The molecule has 9 nitrogen and oxygen atoms in total. The Balaban J connectivity index is 1.52. The molecule has 1 fully saturated rings. The highest BCUT2D eigenvalue weighted by atomic mass is 16.2. The highest BCUT2D eigenvalue weighted by Crippen LogP contribution is 2.27. The van der Waals surface area contributed by atoms with E-state index < -0.39 is 0 Å². The topological polar surface area (TPSA) is 105 Å². The zero-order valence-electron chi connectivity index (χ0n) is 18.4. The van der Waals surface area contributed by atoms with Crippen LogP contribution in [0.2, 0.25) is 0 Å². The largest absolute Gasteiger partial charge is 0.340 e. The molecular formula is C22H28N6O3. The number of Topliss-reactive ketones (excluding diaryl/α,β-unsaturated/α-hetero) is 1. The number of fused-ring (bicyclic) bond motifs is 1. The van der Waals surface area contributed by atoms with E-state index in [-0.39, 0.29) is 29.7 Å². The summed E-state index contributed by atoms with van der Waals surface area (Å²) in [5.41, 5.74) is 4.14. The number of carbonyl (C=O) groups is 2. The van der Waals surface area contributed by atoms with Crippen molar-refractivity contribution >= 4 is 17.3 Å². The number of hydrogen-bond donors (Lipinski definition) is 1. The van der Waals surface area contributed by atoms with E-state index in [0.717, 1.165) is 29.9 Å². The van der Waals surface area contributed by atoms with Crippen LogP contribution in [0, 0.1) is 13.8 Å². The van der Waals surface area contributed by atoms with Gasteiger partial charge in [0, 0.05) is 48.2 Å². The minimum atomic E-state index is -0.123. The lowest BCUT2D eigenvalue weighted by Crippen LogP contribution is -2.41. The van der Waals surface area contributed by atoms with Crippen molar-refractivity contribution in [2.24, 2.45) is 0 Å². The Morgan fingerprint density at radius 3 is 2.71 bits per heavy atom. The monoisotopic (exact) mass is 424 g/mol. The Morgan fingerprint density at radius 1 is 1.26 bits per heavy atom. The van der Waals surface area contributed by atoms with Crippen molar-refractivity contribution in [2.45, 2.75) is 59.4 Å². The van der Waals surface area contributed by atoms with Crippen LogP contribution in [-0.4, -0.2) is 54.1 Å². The van der Waals surface area contributed by atoms with Gasteiger partial charge in [-0.3, -0.25) is 24.2 Å². The number of likely N-dealkylation sites (tertiary alicyclic amines) is 1. The van der Waals surface area contributed by atoms with Gasteiger partial charge in [-0.2, -0.15) is 5.10 Å². The van der Waals surface area contributed by atoms with Crippen molar-refractivity contribution < 1.29 is 9.59 Å². The summed E-state index contributed by atoms with van der Waals surface area (Å²) in [4.78, 5) is 43.5. The number of piperidine rings is 1. The van der Waals surface area contributed by atoms with Crippen molar-refractivity contribution in [1.82, 2.24) is 29.3 Å². The minimum absolute atomic E-state index is 0.0231. The van der Waals surface area contributed by atoms with E-state index in [0.29, 0.717) is 36.4 Å². The van der Waals surface area contributed by atoms with Crippen molar-refractivity contribution in [3.63, 3.8) is 0 Å². The molecule has 1 N–H and O–H groups in total. The van der Waals surface area contributed by atoms with E-state index in [4.69, 9.17) is 0 Å². The molecule has 0 aromatic carbocycles. The van der Waals surface area contributed by atoms with Gasteiger partial charge in [-0.25, -0.2) is 9.50 Å². The zero-order valence-corrected chi connectivity index (χ0v) is 18.4. The van der Waals surface area contributed by atoms with Gasteiger partial charge in [0.25, 0.3) is 5.56 Å². The first-order valence-electron chi connectivity index (χ1n) is 10.7. The molecule has 1 aliphatic rings. The molecular weight excluding hydrogens is 396 g/mol. The molecule has 0 saturated carbocycles. The molecule has 31 heavy (non-hydrogen) atoms. The summed E-state index contributed by atoms with van der Waals surface area (Å²) in [5.74, 6) is 0.0443. The van der Waals surface area contributed by atoms with Crippen LogP contribution in [0.3, 0.4) is 0 Å². The minimum Gasteiger partial charge on any atom is -0.340 e. The summed E-state index contributed by atoms with van der Waals surface area (Å²) in [6.45, 7) is 8.47. The maximum absolute atomic E-state index is 13.0. The number of aromatic nitrogens is 5. The Bertz CT molecular complexity index is 1220. The number of hydrogen-bond acceptors (Lipinski definition) is 5. The second-order valence-electron chi connectivity index (χ2n) is 8.28. The van der Waals surface area contributed by atoms with Crippen LogP contribution in [0.4, 0.5) is 0 Å². The van der Waals surface area contributed by atoms with Crippen LogP contribution >= 0.6 is 0 Å². The number of aromatic amines is 1. The molecule has 1 amide bonds. The molecule has 4 rings (SSSR count). The van der Waals surface area contributed by atoms with Gasteiger partial charge in [-0.1, -0.05) is 6.92 Å². The fourth-order valence-electron chi connectivity index (χ4n) is 4.50. The first kappa shape index (κ1) is 21.0. The lowest BCUT2D eigenvalue weighted by molar-refractivity contribution is -0.133. The molecule has 3 aromatic heterocycles. The predicted octanol–water partition coefficient (Wildman–Crippen LogP) is 2.01. The van der Waals surface area contributed by atoms with Crippen LogP contribution in [0.25, 0.3) is 5.65 Å². The van der Waals surface area contributed by atoms with Gasteiger partial charge in [0.2, 0.25) is 5.91 Å². The van der Waals surface area contributed by atoms with Gasteiger partial charge < -0.3 is 4.90 Å². The number of H-pyrrole nitrogens is 1. The number of nitrogens with zero attached hydrogens (tertiary/aromatic N) is 5. The fraction of sp³-hybridized carbons (Fsp3) is 0.500. The molecule has 0 aliphatic carbocycles. The highest BCUT2D eigenvalue weighted by Gasteiger charge is 2.27. The molecule has 164 valence electrons. The molecule has 1 aliphatic heterocycles. The van der Waals surface area contributed by atoms with Crippen LogP contribution in [0.5, 0.6) is 0 Å². The Morgan fingerprint density at radius 2 is 2.03 bits per heavy atom. The normalized spacial score (nSPS) is 16.8. The number of rotatable bonds is 5. The number of aryl methyl sites for hydroxylation is 2. The lowest BCUT2D eigenvalue weighted by atomic mass is 9.95. The summed E-state index contributed by atoms with van der Waals surface area (Å²) in [6, 6.07) is 3.47. The quantitative estimate of drug-likeness (QED) is 0.631. The third kappa shape index (κ3) is 3.92. The Labute approximate surface area is 180 Å². The highest BCUT2D eigenvalue weighted by molar-refractivity contribution is 5.96. The molecule has 4 heterocycles. The van der Waals surface area contributed by atoms with Crippen molar-refractivity contribution in [1.29, 1.82) is 0 Å². The summed E-state index contributed by atoms with van der Waals surface area (Å²) in [5, 5.41) is 7.57. The Hall–Kier alpha value is -3.23. The van der Waals surface area contributed by atoms with Crippen LogP contribution in [-0.2, 0) is 17.8 Å². The maximum atomic E-state index is 13.0. The van der Waals surface area contributed by atoms with Crippen LogP contribution in [0.15, 0.2) is 16.9 Å². The van der Waals surface area contributed by atoms with Crippen molar-refractivity contribution in [2.75, 3.05) is 13.1 Å². The number of carbonyl (C=O) groups excluding carboxylic acids is 2. The van der Waals surface area contributed by atoms with Gasteiger partial charge in [-0.15, -0.1) is 0 Å². The second kappa shape index (κ2) is 8.13. The second-order valence-corrected chi connectivity index (χ2v) is 8.28. The van der Waals surface area contributed by atoms with E-state index in [1.54, 1.807) is 17.7 Å². The molecule has 0 bridgehead atoms. The maximum Gasteiger partial charge on any atom is 0.272 e. The van der Waals surface area contributed by atoms with Gasteiger partial charge in [0.15, 0.2) is 11.4 Å². The molecule has 1 atom stereocenters. The van der Waals surface area contributed by atoms with Gasteiger partial charge in [-0.05, 0) is 40.0 Å². The summed E-state index contributed by atoms with van der Waals surface area (Å²) >= 11 is 0. The van der Waals surface area contributed by atoms with Gasteiger partial charge in [0.1, 0.15) is 6.54 Å². The third-order valence-electron chi connectivity index (χ3n) is 6.12. The molecule has 3 aromatic rings. The molecule has 0 radical (unpaired) electrons.